The molecule has 3 rings (SSSR count). The smallest absolute Gasteiger partial charge is 0.253 e. The number of carbonyl (C=O) groups is 1. The summed E-state index contributed by atoms with van der Waals surface area (Å²) in [6.45, 7) is 0.531. The molecule has 1 aromatic heterocycles. The number of rotatable bonds is 1. The number of imidazole rings is 1. The molecule has 2 heterocycles. The highest BCUT2D eigenvalue weighted by Gasteiger charge is 2.25. The van der Waals surface area contributed by atoms with Gasteiger partial charge in [-0.05, 0) is 18.2 Å². The molecule has 0 atom stereocenters. The average molecular weight is 293 g/mol. The maximum absolute atomic E-state index is 12.4. The van der Waals surface area contributed by atoms with Gasteiger partial charge in [0, 0.05) is 25.7 Å². The van der Waals surface area contributed by atoms with Gasteiger partial charge in [-0.3, -0.25) is 4.79 Å². The molecule has 0 spiro atoms. The van der Waals surface area contributed by atoms with Gasteiger partial charge in [0.25, 0.3) is 5.91 Å². The molecule has 0 bridgehead atoms. The van der Waals surface area contributed by atoms with Crippen molar-refractivity contribution < 1.29 is 13.2 Å². The number of hydrogen-bond acceptors (Lipinski definition) is 4. The van der Waals surface area contributed by atoms with Crippen molar-refractivity contribution in [2.75, 3.05) is 24.6 Å². The Hall–Kier alpha value is -1.89. The number of sulfone groups is 1. The zero-order valence-corrected chi connectivity index (χ0v) is 11.9. The Kier molecular flexibility index (Phi) is 3.01. The molecule has 0 N–H and O–H groups in total. The molecule has 0 saturated carbocycles. The summed E-state index contributed by atoms with van der Waals surface area (Å²) in [5, 5.41) is 0. The van der Waals surface area contributed by atoms with Crippen LogP contribution in [-0.4, -0.2) is 53.4 Å². The topological polar surface area (TPSA) is 72.3 Å². The second-order valence-corrected chi connectivity index (χ2v) is 7.31. The van der Waals surface area contributed by atoms with E-state index in [1.165, 1.54) is 0 Å². The van der Waals surface area contributed by atoms with E-state index in [0.717, 1.165) is 11.0 Å². The lowest BCUT2D eigenvalue weighted by molar-refractivity contribution is 0.0770. The zero-order valence-electron chi connectivity index (χ0n) is 11.1. The lowest BCUT2D eigenvalue weighted by Crippen LogP contribution is -2.43. The summed E-state index contributed by atoms with van der Waals surface area (Å²) in [6, 6.07) is 5.37. The molecule has 1 fully saturated rings. The second kappa shape index (κ2) is 4.59. The largest absolute Gasteiger partial charge is 0.337 e. The van der Waals surface area contributed by atoms with Crippen LogP contribution in [0.5, 0.6) is 0 Å². The van der Waals surface area contributed by atoms with Crippen molar-refractivity contribution in [3.8, 4) is 0 Å². The van der Waals surface area contributed by atoms with E-state index < -0.39 is 9.84 Å². The summed E-state index contributed by atoms with van der Waals surface area (Å²) >= 11 is 0. The molecule has 0 unspecified atom stereocenters. The standard InChI is InChI=1S/C13H15N3O3S/c1-15-9-14-11-8-10(2-3-12(11)15)13(17)16-4-6-20(18,19)7-5-16/h2-3,8-9H,4-7H2,1H3. The molecule has 7 heteroatoms. The third kappa shape index (κ3) is 2.29. The second-order valence-electron chi connectivity index (χ2n) is 5.00. The SMILES string of the molecule is Cn1cnc2cc(C(=O)N3CCS(=O)(=O)CC3)ccc21. The lowest BCUT2D eigenvalue weighted by Gasteiger charge is -2.26. The monoisotopic (exact) mass is 293 g/mol. The van der Waals surface area contributed by atoms with Crippen LogP contribution in [-0.2, 0) is 16.9 Å². The minimum Gasteiger partial charge on any atom is -0.337 e. The van der Waals surface area contributed by atoms with Crippen molar-refractivity contribution in [1.29, 1.82) is 0 Å². The van der Waals surface area contributed by atoms with E-state index in [9.17, 15) is 13.2 Å². The molecule has 1 saturated heterocycles. The van der Waals surface area contributed by atoms with Crippen molar-refractivity contribution in [2.24, 2.45) is 7.05 Å². The van der Waals surface area contributed by atoms with Crippen molar-refractivity contribution in [1.82, 2.24) is 14.5 Å². The summed E-state index contributed by atoms with van der Waals surface area (Å²) in [5.74, 6) is -0.0396. The van der Waals surface area contributed by atoms with Crippen LogP contribution in [0.25, 0.3) is 11.0 Å². The van der Waals surface area contributed by atoms with Crippen LogP contribution in [0.2, 0.25) is 0 Å². The first kappa shape index (κ1) is 13.1. The van der Waals surface area contributed by atoms with Crippen molar-refractivity contribution in [2.45, 2.75) is 0 Å². The maximum Gasteiger partial charge on any atom is 0.253 e. The Labute approximate surface area is 116 Å². The van der Waals surface area contributed by atoms with E-state index in [4.69, 9.17) is 0 Å². The molecule has 20 heavy (non-hydrogen) atoms. The highest BCUT2D eigenvalue weighted by Crippen LogP contribution is 2.16. The predicted molar refractivity (Wildman–Crippen MR) is 75.3 cm³/mol. The van der Waals surface area contributed by atoms with Crippen LogP contribution in [0.15, 0.2) is 24.5 Å². The lowest BCUT2D eigenvalue weighted by atomic mass is 10.1. The van der Waals surface area contributed by atoms with Gasteiger partial charge >= 0.3 is 0 Å². The Bertz CT molecular complexity index is 765. The summed E-state index contributed by atoms with van der Waals surface area (Å²) < 4.78 is 24.7. The maximum atomic E-state index is 12.4. The molecule has 1 aliphatic rings. The third-order valence-corrected chi connectivity index (χ3v) is 5.21. The van der Waals surface area contributed by atoms with Crippen LogP contribution >= 0.6 is 0 Å². The van der Waals surface area contributed by atoms with Crippen molar-refractivity contribution in [3.05, 3.63) is 30.1 Å². The Morgan fingerprint density at radius 1 is 1.25 bits per heavy atom. The fourth-order valence-corrected chi connectivity index (χ4v) is 3.57. The summed E-state index contributed by atoms with van der Waals surface area (Å²) in [7, 11) is -1.08. The number of aryl methyl sites for hydroxylation is 1. The minimum atomic E-state index is -2.97. The van der Waals surface area contributed by atoms with Gasteiger partial charge in [-0.15, -0.1) is 0 Å². The van der Waals surface area contributed by atoms with Crippen LogP contribution in [0.1, 0.15) is 10.4 Å². The Morgan fingerprint density at radius 2 is 1.95 bits per heavy atom. The molecule has 106 valence electrons. The van der Waals surface area contributed by atoms with E-state index in [1.54, 1.807) is 23.4 Å². The van der Waals surface area contributed by atoms with Gasteiger partial charge in [-0.1, -0.05) is 0 Å². The van der Waals surface area contributed by atoms with Crippen LogP contribution in [0.3, 0.4) is 0 Å². The number of amides is 1. The van der Waals surface area contributed by atoms with Crippen LogP contribution in [0, 0.1) is 0 Å². The summed E-state index contributed by atoms with van der Waals surface area (Å²) in [6.07, 6.45) is 1.70. The highest BCUT2D eigenvalue weighted by molar-refractivity contribution is 7.91. The van der Waals surface area contributed by atoms with Gasteiger partial charge in [0.2, 0.25) is 0 Å². The van der Waals surface area contributed by atoms with Gasteiger partial charge in [-0.2, -0.15) is 0 Å². The molecule has 2 aromatic rings. The van der Waals surface area contributed by atoms with Gasteiger partial charge in [0.15, 0.2) is 9.84 Å². The van der Waals surface area contributed by atoms with Gasteiger partial charge in [0.1, 0.15) is 0 Å². The van der Waals surface area contributed by atoms with E-state index in [0.29, 0.717) is 5.56 Å². The normalized spacial score (nSPS) is 18.4. The highest BCUT2D eigenvalue weighted by atomic mass is 32.2. The fourth-order valence-electron chi connectivity index (χ4n) is 2.37. The predicted octanol–water partition coefficient (Wildman–Crippen LogP) is 0.444. The summed E-state index contributed by atoms with van der Waals surface area (Å²) in [4.78, 5) is 18.2. The average Bonchev–Trinajstić information content (AvgIpc) is 2.79. The van der Waals surface area contributed by atoms with Crippen LogP contribution in [0.4, 0.5) is 0 Å². The molecule has 1 amide bonds. The molecule has 1 aromatic carbocycles. The van der Waals surface area contributed by atoms with Crippen LogP contribution < -0.4 is 0 Å². The van der Waals surface area contributed by atoms with Gasteiger partial charge in [-0.25, -0.2) is 13.4 Å². The van der Waals surface area contributed by atoms with Crippen molar-refractivity contribution >= 4 is 26.8 Å². The molecule has 1 aliphatic heterocycles. The number of carbonyl (C=O) groups excluding carboxylic acids is 1. The molecular formula is C13H15N3O3S. The number of hydrogen-bond donors (Lipinski definition) is 0. The number of aromatic nitrogens is 2. The quantitative estimate of drug-likeness (QED) is 0.765. The van der Waals surface area contributed by atoms with Crippen molar-refractivity contribution in [3.63, 3.8) is 0 Å². The fraction of sp³-hybridized carbons (Fsp3) is 0.385. The zero-order chi connectivity index (χ0) is 14.3. The molecule has 0 aliphatic carbocycles. The van der Waals surface area contributed by atoms with E-state index in [1.807, 2.05) is 17.7 Å². The van der Waals surface area contributed by atoms with E-state index in [2.05, 4.69) is 4.98 Å². The third-order valence-electron chi connectivity index (χ3n) is 3.60. The number of fused-ring (bicyclic) bond motifs is 1. The van der Waals surface area contributed by atoms with Gasteiger partial charge < -0.3 is 9.47 Å². The van der Waals surface area contributed by atoms with E-state index >= 15 is 0 Å². The first-order valence-electron chi connectivity index (χ1n) is 6.37. The molecular weight excluding hydrogens is 278 g/mol. The van der Waals surface area contributed by atoms with E-state index in [-0.39, 0.29) is 30.5 Å². The Balaban J connectivity index is 1.85. The minimum absolute atomic E-state index is 0.0462. The van der Waals surface area contributed by atoms with Gasteiger partial charge in [0.05, 0.1) is 28.9 Å². The molecule has 0 radical (unpaired) electrons. The number of benzene rings is 1. The Morgan fingerprint density at radius 3 is 2.65 bits per heavy atom. The molecule has 6 nitrogen and oxygen atoms in total. The number of nitrogens with zero attached hydrogens (tertiary/aromatic N) is 3. The first-order chi connectivity index (χ1) is 9.46. The summed E-state index contributed by atoms with van der Waals surface area (Å²) in [5.41, 5.74) is 2.28. The first-order valence-corrected chi connectivity index (χ1v) is 8.19.